The highest BCUT2D eigenvalue weighted by Gasteiger charge is 2.24. The number of thioether (sulfide) groups is 1. The number of nitrogens with zero attached hydrogens (tertiary/aromatic N) is 1. The van der Waals surface area contributed by atoms with Crippen molar-refractivity contribution < 1.29 is 0 Å². The second-order valence-corrected chi connectivity index (χ2v) is 3.98. The van der Waals surface area contributed by atoms with Crippen molar-refractivity contribution in [3.05, 3.63) is 12.7 Å². The molecule has 2 heteroatoms. The zero-order chi connectivity index (χ0) is 8.10. The van der Waals surface area contributed by atoms with Crippen molar-refractivity contribution in [3.8, 4) is 12.3 Å². The Bertz CT molecular complexity index is 167. The standard InChI is InChI=1S/C9H13NS/c1-3-5-10(6-4-2)7-9-8-11-9/h1,4,9H,2,5-8H2. The summed E-state index contributed by atoms with van der Waals surface area (Å²) in [7, 11) is 0. The lowest BCUT2D eigenvalue weighted by atomic mass is 10.4. The van der Waals surface area contributed by atoms with Crippen LogP contribution >= 0.6 is 11.8 Å². The van der Waals surface area contributed by atoms with Gasteiger partial charge in [-0.25, -0.2) is 0 Å². The van der Waals surface area contributed by atoms with E-state index in [2.05, 4.69) is 17.4 Å². The van der Waals surface area contributed by atoms with Crippen LogP contribution in [0.4, 0.5) is 0 Å². The molecule has 0 aromatic carbocycles. The number of hydrogen-bond acceptors (Lipinski definition) is 2. The van der Waals surface area contributed by atoms with Gasteiger partial charge in [0.1, 0.15) is 0 Å². The van der Waals surface area contributed by atoms with E-state index in [1.165, 1.54) is 5.75 Å². The van der Waals surface area contributed by atoms with Gasteiger partial charge in [-0.05, 0) is 0 Å². The molecule has 0 bridgehead atoms. The normalized spacial score (nSPS) is 21.3. The average molecular weight is 167 g/mol. The molecule has 1 rings (SSSR count). The molecule has 1 saturated heterocycles. The van der Waals surface area contributed by atoms with E-state index in [9.17, 15) is 0 Å². The van der Waals surface area contributed by atoms with E-state index in [1.54, 1.807) is 0 Å². The minimum absolute atomic E-state index is 0.753. The van der Waals surface area contributed by atoms with Gasteiger partial charge in [0, 0.05) is 24.1 Å². The number of terminal acetylenes is 1. The summed E-state index contributed by atoms with van der Waals surface area (Å²) in [6, 6.07) is 0. The van der Waals surface area contributed by atoms with Crippen LogP contribution in [-0.2, 0) is 0 Å². The van der Waals surface area contributed by atoms with Crippen LogP contribution in [0.5, 0.6) is 0 Å². The molecule has 11 heavy (non-hydrogen) atoms. The minimum Gasteiger partial charge on any atom is -0.288 e. The lowest BCUT2D eigenvalue weighted by Crippen LogP contribution is -2.27. The second kappa shape index (κ2) is 4.48. The van der Waals surface area contributed by atoms with E-state index in [0.29, 0.717) is 0 Å². The Morgan fingerprint density at radius 1 is 1.82 bits per heavy atom. The largest absolute Gasteiger partial charge is 0.288 e. The molecule has 1 heterocycles. The Balaban J connectivity index is 2.19. The first-order valence-electron chi connectivity index (χ1n) is 3.75. The van der Waals surface area contributed by atoms with Crippen LogP contribution in [-0.4, -0.2) is 35.5 Å². The molecule has 1 nitrogen and oxygen atoms in total. The molecule has 1 fully saturated rings. The van der Waals surface area contributed by atoms with Gasteiger partial charge in [-0.15, -0.1) is 13.0 Å². The molecular formula is C9H13NS. The summed E-state index contributed by atoms with van der Waals surface area (Å²) in [5.41, 5.74) is 0. The molecule has 1 aliphatic rings. The van der Waals surface area contributed by atoms with Gasteiger partial charge in [0.2, 0.25) is 0 Å². The molecule has 0 amide bonds. The van der Waals surface area contributed by atoms with Gasteiger partial charge in [0.05, 0.1) is 6.54 Å². The maximum Gasteiger partial charge on any atom is 0.0602 e. The molecule has 0 N–H and O–H groups in total. The SMILES string of the molecule is C#CCN(CC=C)CC1CS1. The summed E-state index contributed by atoms with van der Waals surface area (Å²) in [6.07, 6.45) is 7.13. The molecule has 0 radical (unpaired) electrons. The van der Waals surface area contributed by atoms with E-state index in [0.717, 1.165) is 24.9 Å². The lowest BCUT2D eigenvalue weighted by Gasteiger charge is -2.15. The quantitative estimate of drug-likeness (QED) is 0.344. The van der Waals surface area contributed by atoms with Crippen LogP contribution in [0.25, 0.3) is 0 Å². The van der Waals surface area contributed by atoms with E-state index >= 15 is 0 Å². The van der Waals surface area contributed by atoms with Gasteiger partial charge in [0.15, 0.2) is 0 Å². The third kappa shape index (κ3) is 3.50. The Labute approximate surface area is 72.8 Å². The molecule has 1 atom stereocenters. The van der Waals surface area contributed by atoms with E-state index < -0.39 is 0 Å². The average Bonchev–Trinajstić information content (AvgIpc) is 2.73. The fourth-order valence-electron chi connectivity index (χ4n) is 0.977. The van der Waals surface area contributed by atoms with Crippen molar-refractivity contribution in [1.29, 1.82) is 0 Å². The fraction of sp³-hybridized carbons (Fsp3) is 0.556. The zero-order valence-electron chi connectivity index (χ0n) is 6.62. The smallest absolute Gasteiger partial charge is 0.0602 e. The predicted molar refractivity (Wildman–Crippen MR) is 51.7 cm³/mol. The summed E-state index contributed by atoms with van der Waals surface area (Å²) in [4.78, 5) is 2.25. The summed E-state index contributed by atoms with van der Waals surface area (Å²) in [5.74, 6) is 3.96. The third-order valence-electron chi connectivity index (χ3n) is 1.57. The molecule has 1 aliphatic heterocycles. The molecule has 0 aromatic rings. The Morgan fingerprint density at radius 3 is 3.00 bits per heavy atom. The molecular weight excluding hydrogens is 154 g/mol. The Morgan fingerprint density at radius 2 is 2.55 bits per heavy atom. The summed E-state index contributed by atoms with van der Waals surface area (Å²) >= 11 is 2.00. The van der Waals surface area contributed by atoms with Gasteiger partial charge in [-0.3, -0.25) is 4.90 Å². The molecule has 0 aliphatic carbocycles. The van der Waals surface area contributed by atoms with Gasteiger partial charge in [0.25, 0.3) is 0 Å². The molecule has 60 valence electrons. The monoisotopic (exact) mass is 167 g/mol. The lowest BCUT2D eigenvalue weighted by molar-refractivity contribution is 0.351. The van der Waals surface area contributed by atoms with E-state index in [1.807, 2.05) is 17.8 Å². The first-order chi connectivity index (χ1) is 5.36. The van der Waals surface area contributed by atoms with Crippen LogP contribution in [0, 0.1) is 12.3 Å². The van der Waals surface area contributed by atoms with Crippen LogP contribution in [0.15, 0.2) is 12.7 Å². The highest BCUT2D eigenvalue weighted by atomic mass is 32.2. The Kier molecular flexibility index (Phi) is 3.55. The van der Waals surface area contributed by atoms with Crippen molar-refractivity contribution in [1.82, 2.24) is 4.90 Å². The first-order valence-corrected chi connectivity index (χ1v) is 4.80. The molecule has 0 spiro atoms. The van der Waals surface area contributed by atoms with Crippen LogP contribution in [0.3, 0.4) is 0 Å². The van der Waals surface area contributed by atoms with Crippen molar-refractivity contribution in [2.75, 3.05) is 25.4 Å². The second-order valence-electron chi connectivity index (χ2n) is 2.64. The molecule has 1 unspecified atom stereocenters. The summed E-state index contributed by atoms with van der Waals surface area (Å²) < 4.78 is 0. The van der Waals surface area contributed by atoms with Crippen LogP contribution in [0.1, 0.15) is 0 Å². The van der Waals surface area contributed by atoms with Gasteiger partial charge in [-0.1, -0.05) is 12.0 Å². The summed E-state index contributed by atoms with van der Waals surface area (Å²) in [6.45, 7) is 6.49. The Hall–Kier alpha value is -0.390. The van der Waals surface area contributed by atoms with Crippen molar-refractivity contribution >= 4 is 11.8 Å². The molecule has 0 saturated carbocycles. The van der Waals surface area contributed by atoms with Gasteiger partial charge < -0.3 is 0 Å². The maximum atomic E-state index is 5.22. The van der Waals surface area contributed by atoms with Gasteiger partial charge in [-0.2, -0.15) is 11.8 Å². The van der Waals surface area contributed by atoms with Crippen LogP contribution in [0.2, 0.25) is 0 Å². The fourth-order valence-corrected chi connectivity index (χ4v) is 1.53. The highest BCUT2D eigenvalue weighted by molar-refractivity contribution is 8.06. The zero-order valence-corrected chi connectivity index (χ0v) is 7.44. The van der Waals surface area contributed by atoms with Crippen molar-refractivity contribution in [2.24, 2.45) is 0 Å². The highest BCUT2D eigenvalue weighted by Crippen LogP contribution is 2.30. The van der Waals surface area contributed by atoms with Crippen LogP contribution < -0.4 is 0 Å². The molecule has 0 aromatic heterocycles. The van der Waals surface area contributed by atoms with Crippen molar-refractivity contribution in [3.63, 3.8) is 0 Å². The number of rotatable bonds is 5. The maximum absolute atomic E-state index is 5.22. The van der Waals surface area contributed by atoms with Crippen molar-refractivity contribution in [2.45, 2.75) is 5.25 Å². The minimum atomic E-state index is 0.753. The third-order valence-corrected chi connectivity index (χ3v) is 2.52. The van der Waals surface area contributed by atoms with E-state index in [4.69, 9.17) is 6.42 Å². The summed E-state index contributed by atoms with van der Waals surface area (Å²) in [5, 5.41) is 0.836. The topological polar surface area (TPSA) is 3.24 Å². The van der Waals surface area contributed by atoms with Gasteiger partial charge >= 0.3 is 0 Å². The predicted octanol–water partition coefficient (Wildman–Crippen LogP) is 1.22. The number of hydrogen-bond donors (Lipinski definition) is 0. The van der Waals surface area contributed by atoms with E-state index in [-0.39, 0.29) is 0 Å². The first kappa shape index (κ1) is 8.70.